The molecule has 0 heterocycles. The lowest BCUT2D eigenvalue weighted by Crippen LogP contribution is -2.28. The summed E-state index contributed by atoms with van der Waals surface area (Å²) in [6.45, 7) is 1.16. The van der Waals surface area contributed by atoms with Gasteiger partial charge in [0.25, 0.3) is 0 Å². The summed E-state index contributed by atoms with van der Waals surface area (Å²) >= 11 is 3.62. The van der Waals surface area contributed by atoms with Crippen molar-refractivity contribution in [3.63, 3.8) is 0 Å². The first kappa shape index (κ1) is 12.8. The molecule has 0 radical (unpaired) electrons. The Morgan fingerprint density at radius 2 is 2.11 bits per heavy atom. The molecule has 0 amide bonds. The number of nitrogens with two attached hydrogens (primary N) is 1. The van der Waals surface area contributed by atoms with E-state index in [1.807, 2.05) is 12.1 Å². The first-order valence-electron chi connectivity index (χ1n) is 6.73. The summed E-state index contributed by atoms with van der Waals surface area (Å²) in [5, 5.41) is 11.8. The van der Waals surface area contributed by atoms with Gasteiger partial charge in [-0.25, -0.2) is 0 Å². The molecular formula is C14H18BrN3O. The first-order chi connectivity index (χ1) is 9.19. The summed E-state index contributed by atoms with van der Waals surface area (Å²) in [5.41, 5.74) is 7.58. The summed E-state index contributed by atoms with van der Waals surface area (Å²) in [6, 6.07) is 6.61. The normalized spacial score (nSPS) is 19.5. The average molecular weight is 324 g/mol. The smallest absolute Gasteiger partial charge is 0.170 e. The number of halogens is 1. The highest BCUT2D eigenvalue weighted by Crippen LogP contribution is 2.40. The number of anilines is 1. The van der Waals surface area contributed by atoms with Crippen LogP contribution < -0.4 is 10.6 Å². The topological polar surface area (TPSA) is 61.9 Å². The van der Waals surface area contributed by atoms with Gasteiger partial charge in [0.05, 0.1) is 5.69 Å². The van der Waals surface area contributed by atoms with Crippen molar-refractivity contribution in [1.82, 2.24) is 0 Å². The van der Waals surface area contributed by atoms with Gasteiger partial charge in [-0.3, -0.25) is 0 Å². The summed E-state index contributed by atoms with van der Waals surface area (Å²) in [4.78, 5) is 2.51. The minimum atomic E-state index is 0.146. The number of rotatable bonds is 5. The Labute approximate surface area is 121 Å². The van der Waals surface area contributed by atoms with Crippen LogP contribution in [0.5, 0.6) is 0 Å². The van der Waals surface area contributed by atoms with E-state index in [1.165, 1.54) is 31.4 Å². The third-order valence-electron chi connectivity index (χ3n) is 3.80. The highest BCUT2D eigenvalue weighted by atomic mass is 79.9. The van der Waals surface area contributed by atoms with E-state index in [0.29, 0.717) is 6.04 Å². The molecule has 0 spiro atoms. The van der Waals surface area contributed by atoms with Crippen LogP contribution in [0, 0.1) is 5.92 Å². The van der Waals surface area contributed by atoms with Crippen LogP contribution in [-0.2, 0) is 0 Å². The van der Waals surface area contributed by atoms with Crippen molar-refractivity contribution in [2.24, 2.45) is 16.8 Å². The fraction of sp³-hybridized carbons (Fsp3) is 0.500. The van der Waals surface area contributed by atoms with Crippen LogP contribution in [0.3, 0.4) is 0 Å². The van der Waals surface area contributed by atoms with E-state index in [1.54, 1.807) is 0 Å². The van der Waals surface area contributed by atoms with Crippen LogP contribution in [0.15, 0.2) is 27.8 Å². The maximum Gasteiger partial charge on any atom is 0.170 e. The Hall–Kier alpha value is -1.23. The maximum atomic E-state index is 8.72. The standard InChI is InChI=1S/C14H18BrN3O/c15-12-7-10(14(16)17-19)3-6-13(12)18(11-4-5-11)8-9-1-2-9/h3,6-7,9,11,19H,1-2,4-5,8H2,(H2,16,17). The van der Waals surface area contributed by atoms with E-state index in [0.717, 1.165) is 22.5 Å². The highest BCUT2D eigenvalue weighted by Gasteiger charge is 2.34. The van der Waals surface area contributed by atoms with Gasteiger partial charge in [-0.1, -0.05) is 5.16 Å². The lowest BCUT2D eigenvalue weighted by Gasteiger charge is -2.26. The monoisotopic (exact) mass is 323 g/mol. The van der Waals surface area contributed by atoms with E-state index < -0.39 is 0 Å². The molecule has 5 heteroatoms. The Kier molecular flexibility index (Phi) is 3.39. The van der Waals surface area contributed by atoms with Gasteiger partial charge in [0, 0.05) is 22.6 Å². The molecule has 0 aliphatic heterocycles. The zero-order chi connectivity index (χ0) is 13.4. The molecule has 0 bridgehead atoms. The molecule has 19 heavy (non-hydrogen) atoms. The fourth-order valence-electron chi connectivity index (χ4n) is 2.37. The van der Waals surface area contributed by atoms with Gasteiger partial charge >= 0.3 is 0 Å². The molecule has 0 saturated heterocycles. The molecule has 2 fully saturated rings. The molecule has 1 aromatic carbocycles. The van der Waals surface area contributed by atoms with Crippen molar-refractivity contribution in [3.05, 3.63) is 28.2 Å². The lowest BCUT2D eigenvalue weighted by molar-refractivity contribution is 0.318. The predicted octanol–water partition coefficient (Wildman–Crippen LogP) is 2.92. The largest absolute Gasteiger partial charge is 0.409 e. The molecule has 2 aliphatic rings. The molecule has 0 unspecified atom stereocenters. The number of hydrogen-bond acceptors (Lipinski definition) is 3. The molecule has 3 rings (SSSR count). The van der Waals surface area contributed by atoms with Gasteiger partial charge in [0.15, 0.2) is 5.84 Å². The van der Waals surface area contributed by atoms with Crippen molar-refractivity contribution in [2.45, 2.75) is 31.7 Å². The van der Waals surface area contributed by atoms with E-state index in [9.17, 15) is 0 Å². The molecule has 102 valence electrons. The van der Waals surface area contributed by atoms with Gasteiger partial charge in [-0.2, -0.15) is 0 Å². The zero-order valence-electron chi connectivity index (χ0n) is 10.7. The quantitative estimate of drug-likeness (QED) is 0.379. The Morgan fingerprint density at radius 3 is 2.63 bits per heavy atom. The summed E-state index contributed by atoms with van der Waals surface area (Å²) in [6.07, 6.45) is 5.31. The van der Waals surface area contributed by atoms with Crippen molar-refractivity contribution in [1.29, 1.82) is 0 Å². The fourth-order valence-corrected chi connectivity index (χ4v) is 2.97. The van der Waals surface area contributed by atoms with Gasteiger partial charge in [0.1, 0.15) is 0 Å². The summed E-state index contributed by atoms with van der Waals surface area (Å²) in [5.74, 6) is 1.02. The predicted molar refractivity (Wildman–Crippen MR) is 79.7 cm³/mol. The molecule has 1 aromatic rings. The minimum absolute atomic E-state index is 0.146. The van der Waals surface area contributed by atoms with E-state index in [4.69, 9.17) is 10.9 Å². The van der Waals surface area contributed by atoms with Crippen LogP contribution >= 0.6 is 15.9 Å². The van der Waals surface area contributed by atoms with Crippen molar-refractivity contribution in [2.75, 3.05) is 11.4 Å². The number of nitrogens with zero attached hydrogens (tertiary/aromatic N) is 2. The lowest BCUT2D eigenvalue weighted by atomic mass is 10.1. The molecule has 2 saturated carbocycles. The van der Waals surface area contributed by atoms with Crippen molar-refractivity contribution in [3.8, 4) is 0 Å². The number of benzene rings is 1. The Bertz CT molecular complexity index is 509. The average Bonchev–Trinajstić information content (AvgIpc) is 3.28. The molecule has 3 N–H and O–H groups in total. The van der Waals surface area contributed by atoms with Crippen molar-refractivity contribution >= 4 is 27.5 Å². The number of hydrogen-bond donors (Lipinski definition) is 2. The second-order valence-electron chi connectivity index (χ2n) is 5.48. The van der Waals surface area contributed by atoms with Gasteiger partial charge in [0.2, 0.25) is 0 Å². The van der Waals surface area contributed by atoms with E-state index >= 15 is 0 Å². The van der Waals surface area contributed by atoms with E-state index in [2.05, 4.69) is 32.1 Å². The Morgan fingerprint density at radius 1 is 1.37 bits per heavy atom. The molecule has 2 aliphatic carbocycles. The second kappa shape index (κ2) is 5.04. The molecule has 0 atom stereocenters. The number of amidine groups is 1. The van der Waals surface area contributed by atoms with Crippen LogP contribution in [0.1, 0.15) is 31.2 Å². The summed E-state index contributed by atoms with van der Waals surface area (Å²) < 4.78 is 1.02. The third kappa shape index (κ3) is 2.86. The highest BCUT2D eigenvalue weighted by molar-refractivity contribution is 9.10. The molecule has 4 nitrogen and oxygen atoms in total. The van der Waals surface area contributed by atoms with Crippen LogP contribution in [0.25, 0.3) is 0 Å². The first-order valence-corrected chi connectivity index (χ1v) is 7.52. The van der Waals surface area contributed by atoms with Crippen LogP contribution in [0.4, 0.5) is 5.69 Å². The summed E-state index contributed by atoms with van der Waals surface area (Å²) in [7, 11) is 0. The van der Waals surface area contributed by atoms with Crippen molar-refractivity contribution < 1.29 is 5.21 Å². The van der Waals surface area contributed by atoms with Gasteiger partial charge in [-0.05, 0) is 65.7 Å². The minimum Gasteiger partial charge on any atom is -0.409 e. The van der Waals surface area contributed by atoms with Crippen LogP contribution in [0.2, 0.25) is 0 Å². The number of oxime groups is 1. The van der Waals surface area contributed by atoms with E-state index in [-0.39, 0.29) is 5.84 Å². The van der Waals surface area contributed by atoms with Gasteiger partial charge < -0.3 is 15.8 Å². The SMILES string of the molecule is N/C(=N/O)c1ccc(N(CC2CC2)C2CC2)c(Br)c1. The Balaban J connectivity index is 1.85. The molecule has 0 aromatic heterocycles. The zero-order valence-corrected chi connectivity index (χ0v) is 12.3. The van der Waals surface area contributed by atoms with Crippen LogP contribution in [-0.4, -0.2) is 23.6 Å². The maximum absolute atomic E-state index is 8.72. The third-order valence-corrected chi connectivity index (χ3v) is 4.44. The molecular weight excluding hydrogens is 306 g/mol. The van der Waals surface area contributed by atoms with Gasteiger partial charge in [-0.15, -0.1) is 0 Å². The second-order valence-corrected chi connectivity index (χ2v) is 6.33.